The fourth-order valence-electron chi connectivity index (χ4n) is 1.70. The maximum atomic E-state index is 12.0. The van der Waals surface area contributed by atoms with Gasteiger partial charge in [-0.1, -0.05) is 30.7 Å². The lowest BCUT2D eigenvalue weighted by Gasteiger charge is -2.18. The average molecular weight is 315 g/mol. The summed E-state index contributed by atoms with van der Waals surface area (Å²) in [6.45, 7) is 4.56. The summed E-state index contributed by atoms with van der Waals surface area (Å²) in [4.78, 5) is 12.0. The topological polar surface area (TPSA) is 59.6 Å². The number of hydrogen-bond donors (Lipinski definition) is 2. The molecule has 0 aliphatic carbocycles. The lowest BCUT2D eigenvalue weighted by Crippen LogP contribution is -2.41. The standard InChI is InChI=1S/C15H23ClN2O3/c1-3-13(21-14-7-5-4-6-12(14)16)15(19)18-9-8-17-10-11-20-2/h4-7,13,17H,3,8-11H2,1-2H3,(H,18,19). The van der Waals surface area contributed by atoms with Crippen molar-refractivity contribution in [2.45, 2.75) is 19.4 Å². The van der Waals surface area contributed by atoms with Crippen LogP contribution in [0, 0.1) is 0 Å². The number of hydrogen-bond acceptors (Lipinski definition) is 4. The molecule has 118 valence electrons. The summed E-state index contributed by atoms with van der Waals surface area (Å²) in [6.07, 6.45) is 0.0395. The molecule has 0 aliphatic heterocycles. The van der Waals surface area contributed by atoms with E-state index in [1.807, 2.05) is 19.1 Å². The third kappa shape index (κ3) is 6.80. The van der Waals surface area contributed by atoms with E-state index in [1.165, 1.54) is 0 Å². The number of para-hydroxylation sites is 1. The summed E-state index contributed by atoms with van der Waals surface area (Å²) in [5.74, 6) is 0.394. The van der Waals surface area contributed by atoms with Crippen LogP contribution < -0.4 is 15.4 Å². The van der Waals surface area contributed by atoms with E-state index in [9.17, 15) is 4.79 Å². The minimum atomic E-state index is -0.538. The second-order valence-corrected chi connectivity index (χ2v) is 4.89. The number of nitrogens with one attached hydrogen (secondary N) is 2. The highest BCUT2D eigenvalue weighted by Crippen LogP contribution is 2.24. The van der Waals surface area contributed by atoms with E-state index < -0.39 is 6.10 Å². The first-order chi connectivity index (χ1) is 10.2. The number of halogens is 1. The van der Waals surface area contributed by atoms with Crippen molar-refractivity contribution in [2.75, 3.05) is 33.4 Å². The normalized spacial score (nSPS) is 12.0. The molecule has 1 atom stereocenters. The van der Waals surface area contributed by atoms with E-state index in [-0.39, 0.29) is 5.91 Å². The summed E-state index contributed by atoms with van der Waals surface area (Å²) >= 11 is 6.03. The quantitative estimate of drug-likeness (QED) is 0.647. The van der Waals surface area contributed by atoms with Crippen LogP contribution in [-0.4, -0.2) is 45.4 Å². The van der Waals surface area contributed by atoms with Gasteiger partial charge < -0.3 is 20.1 Å². The minimum Gasteiger partial charge on any atom is -0.479 e. The van der Waals surface area contributed by atoms with Gasteiger partial charge in [0.25, 0.3) is 5.91 Å². The third-order valence-corrected chi connectivity index (χ3v) is 3.17. The number of methoxy groups -OCH3 is 1. The van der Waals surface area contributed by atoms with Crippen LogP contribution in [0.2, 0.25) is 5.02 Å². The van der Waals surface area contributed by atoms with Gasteiger partial charge in [0, 0.05) is 26.7 Å². The Balaban J connectivity index is 2.34. The number of carbonyl (C=O) groups excluding carboxylic acids is 1. The summed E-state index contributed by atoms with van der Waals surface area (Å²) in [5.41, 5.74) is 0. The molecule has 1 rings (SSSR count). The number of amides is 1. The van der Waals surface area contributed by atoms with Crippen LogP contribution in [0.4, 0.5) is 0 Å². The maximum absolute atomic E-state index is 12.0. The van der Waals surface area contributed by atoms with Crippen LogP contribution in [0.25, 0.3) is 0 Å². The Kier molecular flexibility index (Phi) is 8.82. The zero-order valence-electron chi connectivity index (χ0n) is 12.5. The first-order valence-electron chi connectivity index (χ1n) is 7.07. The van der Waals surface area contributed by atoms with E-state index in [2.05, 4.69) is 10.6 Å². The molecule has 1 unspecified atom stereocenters. The molecule has 5 nitrogen and oxygen atoms in total. The SMILES string of the molecule is CCC(Oc1ccccc1Cl)C(=O)NCCNCCOC. The molecule has 0 saturated carbocycles. The van der Waals surface area contributed by atoms with Crippen LogP contribution in [0.15, 0.2) is 24.3 Å². The molecule has 6 heteroatoms. The van der Waals surface area contributed by atoms with Crippen molar-refractivity contribution in [3.05, 3.63) is 29.3 Å². The smallest absolute Gasteiger partial charge is 0.261 e. The predicted molar refractivity (Wildman–Crippen MR) is 83.9 cm³/mol. The largest absolute Gasteiger partial charge is 0.479 e. The fraction of sp³-hybridized carbons (Fsp3) is 0.533. The van der Waals surface area contributed by atoms with Crippen molar-refractivity contribution in [1.82, 2.24) is 10.6 Å². The molecule has 2 N–H and O–H groups in total. The monoisotopic (exact) mass is 314 g/mol. The Labute approximate surface area is 131 Å². The van der Waals surface area contributed by atoms with Gasteiger partial charge in [0.2, 0.25) is 0 Å². The van der Waals surface area contributed by atoms with Gasteiger partial charge in [-0.05, 0) is 18.6 Å². The number of carbonyl (C=O) groups is 1. The minimum absolute atomic E-state index is 0.133. The zero-order valence-corrected chi connectivity index (χ0v) is 13.3. The predicted octanol–water partition coefficient (Wildman–Crippen LogP) is 1.85. The molecule has 0 bridgehead atoms. The molecule has 0 heterocycles. The Morgan fingerprint density at radius 2 is 2.05 bits per heavy atom. The van der Waals surface area contributed by atoms with Gasteiger partial charge in [-0.2, -0.15) is 0 Å². The zero-order chi connectivity index (χ0) is 15.5. The Bertz CT molecular complexity index is 429. The summed E-state index contributed by atoms with van der Waals surface area (Å²) in [6, 6.07) is 7.14. The van der Waals surface area contributed by atoms with Crippen molar-refractivity contribution in [3.63, 3.8) is 0 Å². The number of benzene rings is 1. The van der Waals surface area contributed by atoms with Gasteiger partial charge in [0.1, 0.15) is 5.75 Å². The van der Waals surface area contributed by atoms with E-state index >= 15 is 0 Å². The third-order valence-electron chi connectivity index (χ3n) is 2.85. The first-order valence-corrected chi connectivity index (χ1v) is 7.45. The Morgan fingerprint density at radius 1 is 1.29 bits per heavy atom. The highest BCUT2D eigenvalue weighted by molar-refractivity contribution is 6.32. The number of rotatable bonds is 10. The van der Waals surface area contributed by atoms with Crippen LogP contribution in [0.3, 0.4) is 0 Å². The molecule has 0 aromatic heterocycles. The maximum Gasteiger partial charge on any atom is 0.261 e. The van der Waals surface area contributed by atoms with Gasteiger partial charge >= 0.3 is 0 Å². The molecule has 0 radical (unpaired) electrons. The van der Waals surface area contributed by atoms with Gasteiger partial charge in [0.05, 0.1) is 11.6 Å². The van der Waals surface area contributed by atoms with Gasteiger partial charge in [-0.3, -0.25) is 4.79 Å². The lowest BCUT2D eigenvalue weighted by atomic mass is 10.2. The summed E-state index contributed by atoms with van der Waals surface area (Å²) in [7, 11) is 1.65. The highest BCUT2D eigenvalue weighted by Gasteiger charge is 2.18. The first kappa shape index (κ1) is 17.8. The average Bonchev–Trinajstić information content (AvgIpc) is 2.49. The lowest BCUT2D eigenvalue weighted by molar-refractivity contribution is -0.128. The van der Waals surface area contributed by atoms with Crippen molar-refractivity contribution >= 4 is 17.5 Å². The van der Waals surface area contributed by atoms with E-state index in [0.717, 1.165) is 6.54 Å². The van der Waals surface area contributed by atoms with E-state index in [0.29, 0.717) is 36.9 Å². The van der Waals surface area contributed by atoms with Crippen molar-refractivity contribution in [1.29, 1.82) is 0 Å². The van der Waals surface area contributed by atoms with Gasteiger partial charge in [-0.25, -0.2) is 0 Å². The molecule has 1 aromatic rings. The van der Waals surface area contributed by atoms with Crippen molar-refractivity contribution in [2.24, 2.45) is 0 Å². The molecule has 0 fully saturated rings. The van der Waals surface area contributed by atoms with E-state index in [4.69, 9.17) is 21.1 Å². The van der Waals surface area contributed by atoms with Crippen LogP contribution in [0.5, 0.6) is 5.75 Å². The fourth-order valence-corrected chi connectivity index (χ4v) is 1.88. The summed E-state index contributed by atoms with van der Waals surface area (Å²) in [5, 5.41) is 6.50. The molecule has 1 aromatic carbocycles. The van der Waals surface area contributed by atoms with Gasteiger partial charge in [-0.15, -0.1) is 0 Å². The Hall–Kier alpha value is -1.30. The van der Waals surface area contributed by atoms with Crippen LogP contribution in [-0.2, 0) is 9.53 Å². The van der Waals surface area contributed by atoms with Crippen molar-refractivity contribution < 1.29 is 14.3 Å². The molecule has 0 spiro atoms. The van der Waals surface area contributed by atoms with E-state index in [1.54, 1.807) is 19.2 Å². The number of ether oxygens (including phenoxy) is 2. The molecule has 21 heavy (non-hydrogen) atoms. The molecule has 0 saturated heterocycles. The molecular weight excluding hydrogens is 292 g/mol. The highest BCUT2D eigenvalue weighted by atomic mass is 35.5. The van der Waals surface area contributed by atoms with Crippen molar-refractivity contribution in [3.8, 4) is 5.75 Å². The van der Waals surface area contributed by atoms with Gasteiger partial charge in [0.15, 0.2) is 6.10 Å². The molecular formula is C15H23ClN2O3. The second-order valence-electron chi connectivity index (χ2n) is 4.48. The molecule has 1 amide bonds. The van der Waals surface area contributed by atoms with Crippen LogP contribution in [0.1, 0.15) is 13.3 Å². The molecule has 0 aliphatic rings. The summed E-state index contributed by atoms with van der Waals surface area (Å²) < 4.78 is 10.6. The van der Waals surface area contributed by atoms with Crippen LogP contribution >= 0.6 is 11.6 Å². The second kappa shape index (κ2) is 10.4. The Morgan fingerprint density at radius 3 is 2.71 bits per heavy atom.